The van der Waals surface area contributed by atoms with Crippen LogP contribution in [0.1, 0.15) is 45.2 Å². The van der Waals surface area contributed by atoms with Crippen LogP contribution >= 0.6 is 0 Å². The lowest BCUT2D eigenvalue weighted by Crippen LogP contribution is -2.49. The SMILES string of the molecule is CCOc1ccccc1NC(=O)[C@H](c1ccccc1)N1CCC(CN2C[C@@H](C)O[C@H](C)C2)CC1. The average molecular weight is 466 g/mol. The number of likely N-dealkylation sites (tertiary alicyclic amines) is 1. The molecule has 34 heavy (non-hydrogen) atoms. The van der Waals surface area contributed by atoms with Crippen LogP contribution in [0.15, 0.2) is 54.6 Å². The molecule has 184 valence electrons. The Kier molecular flexibility index (Phi) is 8.59. The number of hydrogen-bond acceptors (Lipinski definition) is 5. The summed E-state index contributed by atoms with van der Waals surface area (Å²) in [5.41, 5.74) is 1.75. The molecule has 2 aromatic carbocycles. The molecule has 0 aromatic heterocycles. The van der Waals surface area contributed by atoms with E-state index in [1.807, 2.05) is 49.4 Å². The minimum Gasteiger partial charge on any atom is -0.492 e. The smallest absolute Gasteiger partial charge is 0.246 e. The number of para-hydroxylation sites is 2. The number of carbonyl (C=O) groups excluding carboxylic acids is 1. The summed E-state index contributed by atoms with van der Waals surface area (Å²) in [6.45, 7) is 11.8. The van der Waals surface area contributed by atoms with Crippen LogP contribution in [0, 0.1) is 5.92 Å². The van der Waals surface area contributed by atoms with E-state index in [0.29, 0.717) is 30.5 Å². The first-order valence-corrected chi connectivity index (χ1v) is 12.7. The summed E-state index contributed by atoms with van der Waals surface area (Å²) in [5, 5.41) is 3.15. The third-order valence-electron chi connectivity index (χ3n) is 6.83. The van der Waals surface area contributed by atoms with E-state index in [-0.39, 0.29) is 11.9 Å². The molecule has 0 spiro atoms. The van der Waals surface area contributed by atoms with Crippen LogP contribution in [0.4, 0.5) is 5.69 Å². The van der Waals surface area contributed by atoms with E-state index in [2.05, 4.69) is 41.1 Å². The van der Waals surface area contributed by atoms with Gasteiger partial charge in [-0.25, -0.2) is 0 Å². The number of carbonyl (C=O) groups is 1. The van der Waals surface area contributed by atoms with Crippen LogP contribution in [-0.2, 0) is 9.53 Å². The molecule has 2 aliphatic heterocycles. The molecule has 0 bridgehead atoms. The topological polar surface area (TPSA) is 54.0 Å². The molecule has 6 heteroatoms. The fourth-order valence-electron chi connectivity index (χ4n) is 5.41. The third-order valence-corrected chi connectivity index (χ3v) is 6.83. The van der Waals surface area contributed by atoms with Gasteiger partial charge in [0.25, 0.3) is 0 Å². The first kappa shape index (κ1) is 24.7. The van der Waals surface area contributed by atoms with E-state index >= 15 is 0 Å². The van der Waals surface area contributed by atoms with Crippen molar-refractivity contribution in [1.82, 2.24) is 9.80 Å². The van der Waals surface area contributed by atoms with Crippen molar-refractivity contribution in [3.8, 4) is 5.75 Å². The zero-order valence-electron chi connectivity index (χ0n) is 20.8. The summed E-state index contributed by atoms with van der Waals surface area (Å²) in [4.78, 5) is 18.5. The van der Waals surface area contributed by atoms with E-state index in [9.17, 15) is 4.79 Å². The van der Waals surface area contributed by atoms with Crippen LogP contribution in [0.2, 0.25) is 0 Å². The van der Waals surface area contributed by atoms with Gasteiger partial charge in [-0.05, 0) is 70.3 Å². The Morgan fingerprint density at radius 1 is 1.03 bits per heavy atom. The summed E-state index contributed by atoms with van der Waals surface area (Å²) >= 11 is 0. The largest absolute Gasteiger partial charge is 0.492 e. The molecule has 0 unspecified atom stereocenters. The number of ether oxygens (including phenoxy) is 2. The monoisotopic (exact) mass is 465 g/mol. The molecule has 4 rings (SSSR count). The third kappa shape index (κ3) is 6.38. The number of benzene rings is 2. The van der Waals surface area contributed by atoms with Gasteiger partial charge < -0.3 is 14.8 Å². The second kappa shape index (κ2) is 11.8. The predicted octanol–water partition coefficient (Wildman–Crippen LogP) is 4.59. The normalized spacial score (nSPS) is 23.4. The van der Waals surface area contributed by atoms with Gasteiger partial charge in [-0.3, -0.25) is 14.6 Å². The molecule has 2 aromatic rings. The van der Waals surface area contributed by atoms with Crippen molar-refractivity contribution in [2.45, 2.75) is 51.9 Å². The van der Waals surface area contributed by atoms with E-state index in [1.165, 1.54) is 0 Å². The maximum Gasteiger partial charge on any atom is 0.246 e. The quantitative estimate of drug-likeness (QED) is 0.618. The van der Waals surface area contributed by atoms with E-state index in [1.54, 1.807) is 0 Å². The molecule has 2 heterocycles. The molecule has 0 radical (unpaired) electrons. The second-order valence-electron chi connectivity index (χ2n) is 9.69. The second-order valence-corrected chi connectivity index (χ2v) is 9.69. The van der Waals surface area contributed by atoms with E-state index in [0.717, 1.165) is 56.8 Å². The molecular weight excluding hydrogens is 426 g/mol. The Labute approximate surface area is 204 Å². The van der Waals surface area contributed by atoms with Gasteiger partial charge in [0.1, 0.15) is 11.8 Å². The Hall–Kier alpha value is -2.41. The van der Waals surface area contributed by atoms with Crippen LogP contribution in [0.25, 0.3) is 0 Å². The summed E-state index contributed by atoms with van der Waals surface area (Å²) in [7, 11) is 0. The zero-order chi connectivity index (χ0) is 23.9. The van der Waals surface area contributed by atoms with Gasteiger partial charge in [0.05, 0.1) is 24.5 Å². The minimum absolute atomic E-state index is 0.00682. The molecule has 0 saturated carbocycles. The number of amides is 1. The predicted molar refractivity (Wildman–Crippen MR) is 136 cm³/mol. The Morgan fingerprint density at radius 3 is 2.35 bits per heavy atom. The average Bonchev–Trinajstić information content (AvgIpc) is 2.82. The molecule has 0 aliphatic carbocycles. The molecule has 2 saturated heterocycles. The minimum atomic E-state index is -0.319. The van der Waals surface area contributed by atoms with Gasteiger partial charge >= 0.3 is 0 Å². The zero-order valence-corrected chi connectivity index (χ0v) is 20.8. The van der Waals surface area contributed by atoms with Gasteiger partial charge in [0.2, 0.25) is 5.91 Å². The van der Waals surface area contributed by atoms with Crippen molar-refractivity contribution in [3.05, 3.63) is 60.2 Å². The Bertz CT molecular complexity index is 904. The molecular formula is C28H39N3O3. The lowest BCUT2D eigenvalue weighted by atomic mass is 9.93. The molecule has 1 amide bonds. The fourth-order valence-corrected chi connectivity index (χ4v) is 5.41. The van der Waals surface area contributed by atoms with Crippen LogP contribution < -0.4 is 10.1 Å². The van der Waals surface area contributed by atoms with Crippen molar-refractivity contribution in [2.75, 3.05) is 44.6 Å². The standard InChI is InChI=1S/C28H39N3O3/c1-4-33-26-13-9-8-12-25(26)29-28(32)27(24-10-6-5-7-11-24)31-16-14-23(15-17-31)20-30-18-21(2)34-22(3)19-30/h5-13,21-23,27H,4,14-20H2,1-3H3,(H,29,32)/t21-,22-,27+/m1/s1. The van der Waals surface area contributed by atoms with Gasteiger partial charge in [-0.15, -0.1) is 0 Å². The van der Waals surface area contributed by atoms with Crippen LogP contribution in [0.5, 0.6) is 5.75 Å². The highest BCUT2D eigenvalue weighted by molar-refractivity contribution is 5.96. The number of rotatable bonds is 8. The maximum absolute atomic E-state index is 13.6. The summed E-state index contributed by atoms with van der Waals surface area (Å²) in [6.07, 6.45) is 2.81. The number of morpholine rings is 1. The highest BCUT2D eigenvalue weighted by Gasteiger charge is 2.33. The van der Waals surface area contributed by atoms with Crippen molar-refractivity contribution < 1.29 is 14.3 Å². The summed E-state index contributed by atoms with van der Waals surface area (Å²) < 4.78 is 11.6. The number of nitrogens with one attached hydrogen (secondary N) is 1. The number of hydrogen-bond donors (Lipinski definition) is 1. The van der Waals surface area contributed by atoms with E-state index in [4.69, 9.17) is 9.47 Å². The van der Waals surface area contributed by atoms with Crippen LogP contribution in [-0.4, -0.2) is 67.2 Å². The maximum atomic E-state index is 13.6. The number of anilines is 1. The van der Waals surface area contributed by atoms with Crippen molar-refractivity contribution >= 4 is 11.6 Å². The summed E-state index contributed by atoms with van der Waals surface area (Å²) in [5.74, 6) is 1.36. The van der Waals surface area contributed by atoms with Crippen molar-refractivity contribution in [1.29, 1.82) is 0 Å². The molecule has 1 N–H and O–H groups in total. The van der Waals surface area contributed by atoms with Crippen molar-refractivity contribution in [2.24, 2.45) is 5.92 Å². The highest BCUT2D eigenvalue weighted by atomic mass is 16.5. The molecule has 2 fully saturated rings. The first-order valence-electron chi connectivity index (χ1n) is 12.7. The highest BCUT2D eigenvalue weighted by Crippen LogP contribution is 2.31. The fraction of sp³-hybridized carbons (Fsp3) is 0.536. The van der Waals surface area contributed by atoms with Gasteiger partial charge in [-0.1, -0.05) is 42.5 Å². The lowest BCUT2D eigenvalue weighted by Gasteiger charge is -2.41. The number of nitrogens with zero attached hydrogens (tertiary/aromatic N) is 2. The van der Waals surface area contributed by atoms with Crippen LogP contribution in [0.3, 0.4) is 0 Å². The van der Waals surface area contributed by atoms with Gasteiger partial charge in [-0.2, -0.15) is 0 Å². The Morgan fingerprint density at radius 2 is 1.68 bits per heavy atom. The lowest BCUT2D eigenvalue weighted by molar-refractivity contribution is -0.122. The van der Waals surface area contributed by atoms with Crippen molar-refractivity contribution in [3.63, 3.8) is 0 Å². The van der Waals surface area contributed by atoms with E-state index < -0.39 is 0 Å². The van der Waals surface area contributed by atoms with Gasteiger partial charge in [0, 0.05) is 19.6 Å². The molecule has 6 nitrogen and oxygen atoms in total. The Balaban J connectivity index is 1.43. The van der Waals surface area contributed by atoms with Gasteiger partial charge in [0.15, 0.2) is 0 Å². The molecule has 2 aliphatic rings. The molecule has 3 atom stereocenters. The number of piperidine rings is 1. The first-order chi connectivity index (χ1) is 16.5. The summed E-state index contributed by atoms with van der Waals surface area (Å²) in [6, 6.07) is 17.5.